The number of hydrogen-bond acceptors (Lipinski definition) is 5. The van der Waals surface area contributed by atoms with Crippen LogP contribution < -0.4 is 16.4 Å². The number of nitrogens with two attached hydrogens (primary N) is 1. The third-order valence-corrected chi connectivity index (χ3v) is 5.05. The van der Waals surface area contributed by atoms with Crippen molar-refractivity contribution in [1.82, 2.24) is 14.8 Å². The smallest absolute Gasteiger partial charge is 0.322 e. The van der Waals surface area contributed by atoms with Gasteiger partial charge in [-0.25, -0.2) is 4.79 Å². The highest BCUT2D eigenvalue weighted by molar-refractivity contribution is 6.04. The SMILES string of the molecule is Cc1ccc(NC(=O)N(CCN(C)C)Cc2ccc(C(=O)Nc3ccccc3N)nc2)cc1. The van der Waals surface area contributed by atoms with Gasteiger partial charge < -0.3 is 26.2 Å². The molecule has 3 rings (SSSR count). The highest BCUT2D eigenvalue weighted by Crippen LogP contribution is 2.18. The number of carbonyl (C=O) groups excluding carboxylic acids is 2. The number of rotatable bonds is 8. The predicted octanol–water partition coefficient (Wildman–Crippen LogP) is 3.82. The number of nitrogen functional groups attached to an aromatic ring is 1. The minimum absolute atomic E-state index is 0.193. The molecule has 0 unspecified atom stereocenters. The van der Waals surface area contributed by atoms with E-state index in [1.54, 1.807) is 47.5 Å². The van der Waals surface area contributed by atoms with Crippen molar-refractivity contribution in [1.29, 1.82) is 0 Å². The van der Waals surface area contributed by atoms with Crippen molar-refractivity contribution in [2.75, 3.05) is 43.6 Å². The number of aryl methyl sites for hydroxylation is 1. The molecule has 0 atom stereocenters. The second kappa shape index (κ2) is 11.1. The minimum atomic E-state index is -0.346. The van der Waals surface area contributed by atoms with Gasteiger partial charge in [0.05, 0.1) is 11.4 Å². The highest BCUT2D eigenvalue weighted by Gasteiger charge is 2.16. The molecule has 2 aromatic carbocycles. The molecule has 4 N–H and O–H groups in total. The van der Waals surface area contributed by atoms with E-state index in [1.165, 1.54) is 0 Å². The van der Waals surface area contributed by atoms with Crippen LogP contribution in [0.2, 0.25) is 0 Å². The molecule has 0 fully saturated rings. The van der Waals surface area contributed by atoms with Crippen LogP contribution in [0.15, 0.2) is 66.9 Å². The van der Waals surface area contributed by atoms with Gasteiger partial charge in [0.1, 0.15) is 5.69 Å². The Hall–Kier alpha value is -3.91. The van der Waals surface area contributed by atoms with Gasteiger partial charge in [0.2, 0.25) is 0 Å². The molecule has 8 heteroatoms. The molecule has 0 saturated heterocycles. The number of para-hydroxylation sites is 2. The van der Waals surface area contributed by atoms with Crippen LogP contribution in [-0.4, -0.2) is 53.9 Å². The number of urea groups is 1. The molecule has 0 radical (unpaired) electrons. The maximum atomic E-state index is 12.9. The molecule has 0 aliphatic carbocycles. The lowest BCUT2D eigenvalue weighted by Crippen LogP contribution is -2.39. The Bertz CT molecular complexity index is 1080. The lowest BCUT2D eigenvalue weighted by atomic mass is 10.2. The Kier molecular flexibility index (Phi) is 7.99. The lowest BCUT2D eigenvalue weighted by Gasteiger charge is -2.25. The van der Waals surface area contributed by atoms with Gasteiger partial charge in [0, 0.05) is 31.5 Å². The Morgan fingerprint density at radius 2 is 1.67 bits per heavy atom. The highest BCUT2D eigenvalue weighted by atomic mass is 16.2. The van der Waals surface area contributed by atoms with Crippen LogP contribution in [0.1, 0.15) is 21.6 Å². The summed E-state index contributed by atoms with van der Waals surface area (Å²) in [6, 6.07) is 18.0. The van der Waals surface area contributed by atoms with E-state index in [0.717, 1.165) is 16.8 Å². The standard InChI is InChI=1S/C25H30N6O2/c1-18-8-11-20(12-9-18)28-25(33)31(15-14-30(2)3)17-19-10-13-23(27-16-19)24(32)29-22-7-5-4-6-21(22)26/h4-13,16H,14-15,17,26H2,1-3H3,(H,28,33)(H,29,32). The molecule has 0 saturated carbocycles. The van der Waals surface area contributed by atoms with Gasteiger partial charge in [-0.1, -0.05) is 35.9 Å². The van der Waals surface area contributed by atoms with Gasteiger partial charge >= 0.3 is 6.03 Å². The van der Waals surface area contributed by atoms with Crippen molar-refractivity contribution in [3.63, 3.8) is 0 Å². The van der Waals surface area contributed by atoms with Crippen LogP contribution >= 0.6 is 0 Å². The topological polar surface area (TPSA) is 104 Å². The number of pyridine rings is 1. The molecule has 33 heavy (non-hydrogen) atoms. The van der Waals surface area contributed by atoms with Gasteiger partial charge in [-0.05, 0) is 56.9 Å². The number of benzene rings is 2. The van der Waals surface area contributed by atoms with Crippen LogP contribution in [0.4, 0.5) is 21.9 Å². The van der Waals surface area contributed by atoms with Crippen molar-refractivity contribution < 1.29 is 9.59 Å². The van der Waals surface area contributed by atoms with E-state index in [0.29, 0.717) is 31.0 Å². The Morgan fingerprint density at radius 3 is 2.30 bits per heavy atom. The van der Waals surface area contributed by atoms with E-state index in [-0.39, 0.29) is 17.6 Å². The van der Waals surface area contributed by atoms with E-state index >= 15 is 0 Å². The van der Waals surface area contributed by atoms with Gasteiger partial charge in [0.15, 0.2) is 0 Å². The zero-order chi connectivity index (χ0) is 23.8. The number of amides is 3. The van der Waals surface area contributed by atoms with Crippen LogP contribution in [-0.2, 0) is 6.54 Å². The van der Waals surface area contributed by atoms with Crippen molar-refractivity contribution >= 4 is 29.0 Å². The van der Waals surface area contributed by atoms with E-state index in [2.05, 4.69) is 15.6 Å². The van der Waals surface area contributed by atoms with Crippen LogP contribution in [0.3, 0.4) is 0 Å². The first-order chi connectivity index (χ1) is 15.8. The summed E-state index contributed by atoms with van der Waals surface area (Å²) in [7, 11) is 3.93. The fourth-order valence-electron chi connectivity index (χ4n) is 3.08. The Morgan fingerprint density at radius 1 is 0.939 bits per heavy atom. The third-order valence-electron chi connectivity index (χ3n) is 5.05. The van der Waals surface area contributed by atoms with Crippen molar-refractivity contribution in [2.45, 2.75) is 13.5 Å². The first-order valence-corrected chi connectivity index (χ1v) is 10.7. The van der Waals surface area contributed by atoms with E-state index < -0.39 is 0 Å². The van der Waals surface area contributed by atoms with Crippen LogP contribution in [0.25, 0.3) is 0 Å². The van der Waals surface area contributed by atoms with Crippen LogP contribution in [0.5, 0.6) is 0 Å². The number of hydrogen-bond donors (Lipinski definition) is 3. The number of aromatic nitrogens is 1. The molecule has 0 bridgehead atoms. The molecule has 3 amide bonds. The summed E-state index contributed by atoms with van der Waals surface area (Å²) < 4.78 is 0. The number of anilines is 3. The van der Waals surface area contributed by atoms with Crippen LogP contribution in [0, 0.1) is 6.92 Å². The van der Waals surface area contributed by atoms with Gasteiger partial charge in [-0.15, -0.1) is 0 Å². The summed E-state index contributed by atoms with van der Waals surface area (Å²) >= 11 is 0. The second-order valence-corrected chi connectivity index (χ2v) is 8.11. The molecule has 0 spiro atoms. The second-order valence-electron chi connectivity index (χ2n) is 8.11. The van der Waals surface area contributed by atoms with E-state index in [4.69, 9.17) is 5.73 Å². The molecule has 0 aliphatic rings. The van der Waals surface area contributed by atoms with E-state index in [1.807, 2.05) is 50.2 Å². The monoisotopic (exact) mass is 446 g/mol. The minimum Gasteiger partial charge on any atom is -0.397 e. The average Bonchev–Trinajstić information content (AvgIpc) is 2.80. The van der Waals surface area contributed by atoms with Gasteiger partial charge in [-0.3, -0.25) is 9.78 Å². The molecular weight excluding hydrogens is 416 g/mol. The molecular formula is C25H30N6O2. The molecule has 1 aromatic heterocycles. The Labute approximate surface area is 194 Å². The number of nitrogens with one attached hydrogen (secondary N) is 2. The largest absolute Gasteiger partial charge is 0.397 e. The number of nitrogens with zero attached hydrogens (tertiary/aromatic N) is 3. The summed E-state index contributed by atoms with van der Waals surface area (Å²) in [4.78, 5) is 33.5. The quantitative estimate of drug-likeness (QED) is 0.457. The average molecular weight is 447 g/mol. The van der Waals surface area contributed by atoms with Crippen molar-refractivity contribution in [3.05, 3.63) is 83.7 Å². The zero-order valence-electron chi connectivity index (χ0n) is 19.2. The molecule has 172 valence electrons. The number of carbonyl (C=O) groups is 2. The fourth-order valence-corrected chi connectivity index (χ4v) is 3.08. The predicted molar refractivity (Wildman–Crippen MR) is 132 cm³/mol. The third kappa shape index (κ3) is 7.05. The molecule has 1 heterocycles. The lowest BCUT2D eigenvalue weighted by molar-refractivity contribution is 0.102. The summed E-state index contributed by atoms with van der Waals surface area (Å²) in [6.45, 7) is 3.63. The zero-order valence-corrected chi connectivity index (χ0v) is 19.2. The van der Waals surface area contributed by atoms with Gasteiger partial charge in [0.25, 0.3) is 5.91 Å². The Balaban J connectivity index is 1.67. The van der Waals surface area contributed by atoms with Gasteiger partial charge in [-0.2, -0.15) is 0 Å². The first kappa shape index (κ1) is 23.7. The summed E-state index contributed by atoms with van der Waals surface area (Å²) in [5.74, 6) is -0.346. The van der Waals surface area contributed by atoms with E-state index in [9.17, 15) is 9.59 Å². The summed E-state index contributed by atoms with van der Waals surface area (Å²) in [5.41, 5.74) is 9.87. The summed E-state index contributed by atoms with van der Waals surface area (Å²) in [5, 5.41) is 5.71. The normalized spacial score (nSPS) is 10.7. The number of likely N-dealkylation sites (N-methyl/N-ethyl adjacent to an activating group) is 1. The molecule has 0 aliphatic heterocycles. The molecule has 8 nitrogen and oxygen atoms in total. The molecule has 3 aromatic rings. The van der Waals surface area contributed by atoms with Crippen molar-refractivity contribution in [2.24, 2.45) is 0 Å². The maximum Gasteiger partial charge on any atom is 0.322 e. The first-order valence-electron chi connectivity index (χ1n) is 10.7. The maximum absolute atomic E-state index is 12.9. The van der Waals surface area contributed by atoms with Crippen molar-refractivity contribution in [3.8, 4) is 0 Å². The fraction of sp³-hybridized carbons (Fsp3) is 0.240. The summed E-state index contributed by atoms with van der Waals surface area (Å²) in [6.07, 6.45) is 1.62.